The van der Waals surface area contributed by atoms with Crippen LogP contribution in [0.15, 0.2) is 54.9 Å². The van der Waals surface area contributed by atoms with Crippen molar-refractivity contribution in [2.75, 3.05) is 7.11 Å². The van der Waals surface area contributed by atoms with Crippen molar-refractivity contribution in [3.8, 4) is 28.5 Å². The number of hydrogen-bond acceptors (Lipinski definition) is 5. The maximum atomic E-state index is 10.9. The van der Waals surface area contributed by atoms with Gasteiger partial charge in [0, 0.05) is 11.1 Å². The van der Waals surface area contributed by atoms with Gasteiger partial charge in [0.25, 0.3) is 0 Å². The number of methoxy groups -OCH3 is 1. The van der Waals surface area contributed by atoms with E-state index in [2.05, 4.69) is 15.0 Å². The molecule has 0 aliphatic rings. The molecule has 0 spiro atoms. The summed E-state index contributed by atoms with van der Waals surface area (Å²) >= 11 is 0. The van der Waals surface area contributed by atoms with E-state index in [1.807, 2.05) is 38.1 Å². The van der Waals surface area contributed by atoms with Gasteiger partial charge in [0.1, 0.15) is 12.1 Å². The van der Waals surface area contributed by atoms with Gasteiger partial charge in [-0.1, -0.05) is 26.0 Å². The summed E-state index contributed by atoms with van der Waals surface area (Å²) in [6.07, 6.45) is 1.44. The van der Waals surface area contributed by atoms with Gasteiger partial charge in [-0.2, -0.15) is 0 Å². The Morgan fingerprint density at radius 3 is 1.80 bits per heavy atom. The molecule has 1 heterocycles. The van der Waals surface area contributed by atoms with Gasteiger partial charge in [-0.25, -0.2) is 19.7 Å². The van der Waals surface area contributed by atoms with Crippen LogP contribution in [0.1, 0.15) is 24.2 Å². The Balaban J connectivity index is 0.00000109. The van der Waals surface area contributed by atoms with Crippen molar-refractivity contribution in [3.63, 3.8) is 0 Å². The first-order valence-electron chi connectivity index (χ1n) is 7.84. The quantitative estimate of drug-likeness (QED) is 0.776. The highest BCUT2D eigenvalue weighted by Gasteiger charge is 2.08. The second-order valence-corrected chi connectivity index (χ2v) is 4.74. The van der Waals surface area contributed by atoms with Crippen LogP contribution in [0.4, 0.5) is 0 Å². The topological polar surface area (TPSA) is 85.2 Å². The molecule has 3 aromatic rings. The third-order valence-electron chi connectivity index (χ3n) is 3.31. The molecule has 1 N–H and O–H groups in total. The third-order valence-corrected chi connectivity index (χ3v) is 3.31. The average molecular weight is 337 g/mol. The number of carbonyl (C=O) groups is 1. The minimum absolute atomic E-state index is 0.221. The molecule has 0 aliphatic carbocycles. The first kappa shape index (κ1) is 18.1. The van der Waals surface area contributed by atoms with E-state index in [0.29, 0.717) is 11.6 Å². The molecule has 0 aliphatic heterocycles. The largest absolute Gasteiger partial charge is 0.497 e. The number of rotatable bonds is 4. The van der Waals surface area contributed by atoms with Gasteiger partial charge in [0.05, 0.1) is 12.7 Å². The molecule has 6 heteroatoms. The summed E-state index contributed by atoms with van der Waals surface area (Å²) in [5, 5.41) is 8.93. The van der Waals surface area contributed by atoms with Crippen LogP contribution < -0.4 is 4.74 Å². The number of aromatic nitrogens is 3. The molecule has 0 saturated heterocycles. The van der Waals surface area contributed by atoms with Crippen LogP contribution in [0.2, 0.25) is 0 Å². The summed E-state index contributed by atoms with van der Waals surface area (Å²) in [4.78, 5) is 23.6. The van der Waals surface area contributed by atoms with Crippen molar-refractivity contribution in [2.45, 2.75) is 13.8 Å². The Kier molecular flexibility index (Phi) is 6.17. The van der Waals surface area contributed by atoms with E-state index in [1.165, 1.54) is 18.5 Å². The lowest BCUT2D eigenvalue weighted by atomic mass is 10.1. The lowest BCUT2D eigenvalue weighted by Crippen LogP contribution is -1.97. The molecule has 25 heavy (non-hydrogen) atoms. The van der Waals surface area contributed by atoms with Crippen LogP contribution in [-0.4, -0.2) is 33.1 Å². The van der Waals surface area contributed by atoms with Gasteiger partial charge in [0.15, 0.2) is 11.6 Å². The Morgan fingerprint density at radius 2 is 1.36 bits per heavy atom. The molecule has 0 unspecified atom stereocenters. The van der Waals surface area contributed by atoms with Crippen molar-refractivity contribution in [3.05, 3.63) is 60.4 Å². The Morgan fingerprint density at radius 1 is 0.880 bits per heavy atom. The molecule has 6 nitrogen and oxygen atoms in total. The lowest BCUT2D eigenvalue weighted by Gasteiger charge is -2.05. The number of nitrogens with zero attached hydrogens (tertiary/aromatic N) is 3. The fourth-order valence-electron chi connectivity index (χ4n) is 2.08. The molecule has 128 valence electrons. The highest BCUT2D eigenvalue weighted by atomic mass is 16.5. The SMILES string of the molecule is CC.COc1ccc(-c2ncnc(-c3ccc(C(=O)O)cc3)n2)cc1. The lowest BCUT2D eigenvalue weighted by molar-refractivity contribution is 0.0697. The number of ether oxygens (including phenoxy) is 1. The van der Waals surface area contributed by atoms with Crippen molar-refractivity contribution in [1.29, 1.82) is 0 Å². The highest BCUT2D eigenvalue weighted by Crippen LogP contribution is 2.21. The zero-order valence-electron chi connectivity index (χ0n) is 14.3. The summed E-state index contributed by atoms with van der Waals surface area (Å²) in [6, 6.07) is 13.8. The van der Waals surface area contributed by atoms with Crippen LogP contribution >= 0.6 is 0 Å². The average Bonchev–Trinajstić information content (AvgIpc) is 2.70. The van der Waals surface area contributed by atoms with Crippen LogP contribution in [0.5, 0.6) is 5.75 Å². The van der Waals surface area contributed by atoms with E-state index in [9.17, 15) is 4.79 Å². The second kappa shape index (κ2) is 8.54. The number of aromatic carboxylic acids is 1. The molecule has 0 fully saturated rings. The molecule has 2 aromatic carbocycles. The summed E-state index contributed by atoms with van der Waals surface area (Å²) < 4.78 is 5.13. The van der Waals surface area contributed by atoms with Crippen molar-refractivity contribution in [1.82, 2.24) is 15.0 Å². The van der Waals surface area contributed by atoms with Gasteiger partial charge in [-0.3, -0.25) is 0 Å². The number of carboxylic acids is 1. The smallest absolute Gasteiger partial charge is 0.335 e. The second-order valence-electron chi connectivity index (χ2n) is 4.74. The van der Waals surface area contributed by atoms with Crippen LogP contribution in [0, 0.1) is 0 Å². The van der Waals surface area contributed by atoms with Crippen molar-refractivity contribution in [2.24, 2.45) is 0 Å². The van der Waals surface area contributed by atoms with Crippen molar-refractivity contribution >= 4 is 5.97 Å². The monoisotopic (exact) mass is 337 g/mol. The van der Waals surface area contributed by atoms with E-state index in [-0.39, 0.29) is 5.56 Å². The molecule has 0 bridgehead atoms. The summed E-state index contributed by atoms with van der Waals surface area (Å²) in [5.41, 5.74) is 1.79. The van der Waals surface area contributed by atoms with Gasteiger partial charge >= 0.3 is 5.97 Å². The Bertz CT molecular complexity index is 831. The van der Waals surface area contributed by atoms with Gasteiger partial charge in [0.2, 0.25) is 0 Å². The first-order chi connectivity index (χ1) is 12.2. The minimum atomic E-state index is -0.967. The van der Waals surface area contributed by atoms with Crippen LogP contribution in [0.3, 0.4) is 0 Å². The summed E-state index contributed by atoms with van der Waals surface area (Å²) in [6.45, 7) is 4.00. The fraction of sp³-hybridized carbons (Fsp3) is 0.158. The molecular formula is C19H19N3O3. The van der Waals surface area contributed by atoms with E-state index in [0.717, 1.165) is 16.9 Å². The normalized spacial score (nSPS) is 9.72. The molecule has 3 rings (SSSR count). The number of benzene rings is 2. The number of carboxylic acid groups (broad SMARTS) is 1. The standard InChI is InChI=1S/C17H13N3O3.C2H6/c1-23-14-8-6-12(7-9-14)16-19-10-18-15(20-16)11-2-4-13(5-3-11)17(21)22;1-2/h2-10H,1H3,(H,21,22);1-2H3. The molecular weight excluding hydrogens is 318 g/mol. The molecule has 1 aromatic heterocycles. The van der Waals surface area contributed by atoms with Crippen molar-refractivity contribution < 1.29 is 14.6 Å². The minimum Gasteiger partial charge on any atom is -0.497 e. The van der Waals surface area contributed by atoms with Crippen LogP contribution in [-0.2, 0) is 0 Å². The summed E-state index contributed by atoms with van der Waals surface area (Å²) in [5.74, 6) is 0.820. The zero-order chi connectivity index (χ0) is 18.2. The van der Waals surface area contributed by atoms with E-state index >= 15 is 0 Å². The van der Waals surface area contributed by atoms with Gasteiger partial charge < -0.3 is 9.84 Å². The zero-order valence-corrected chi connectivity index (χ0v) is 14.3. The predicted octanol–water partition coefficient (Wildman–Crippen LogP) is 3.94. The Hall–Kier alpha value is -3.28. The third kappa shape index (κ3) is 4.38. The predicted molar refractivity (Wildman–Crippen MR) is 95.6 cm³/mol. The first-order valence-corrected chi connectivity index (χ1v) is 7.84. The fourth-order valence-corrected chi connectivity index (χ4v) is 2.08. The van der Waals surface area contributed by atoms with Gasteiger partial charge in [-0.05, 0) is 36.4 Å². The summed E-state index contributed by atoms with van der Waals surface area (Å²) in [7, 11) is 1.61. The molecule has 0 atom stereocenters. The van der Waals surface area contributed by atoms with E-state index in [4.69, 9.17) is 9.84 Å². The number of hydrogen-bond donors (Lipinski definition) is 1. The maximum Gasteiger partial charge on any atom is 0.335 e. The molecule has 0 radical (unpaired) electrons. The van der Waals surface area contributed by atoms with E-state index < -0.39 is 5.97 Å². The van der Waals surface area contributed by atoms with E-state index in [1.54, 1.807) is 19.2 Å². The van der Waals surface area contributed by atoms with Crippen LogP contribution in [0.25, 0.3) is 22.8 Å². The van der Waals surface area contributed by atoms with Gasteiger partial charge in [-0.15, -0.1) is 0 Å². The molecule has 0 amide bonds. The maximum absolute atomic E-state index is 10.9. The Labute approximate surface area is 146 Å². The molecule has 0 saturated carbocycles. The highest BCUT2D eigenvalue weighted by molar-refractivity contribution is 5.88.